The summed E-state index contributed by atoms with van der Waals surface area (Å²) in [5, 5.41) is 2.93. The number of piperazine rings is 1. The van der Waals surface area contributed by atoms with Gasteiger partial charge in [0.2, 0.25) is 5.88 Å². The largest absolute Gasteiger partial charge is 0.481 e. The van der Waals surface area contributed by atoms with Gasteiger partial charge in [0.1, 0.15) is 11.2 Å². The predicted octanol–water partition coefficient (Wildman–Crippen LogP) is 2.61. The van der Waals surface area contributed by atoms with E-state index in [1.807, 2.05) is 29.2 Å². The molecule has 5 rings (SSSR count). The molecule has 3 aromatic heterocycles. The van der Waals surface area contributed by atoms with Crippen molar-refractivity contribution in [2.75, 3.05) is 45.2 Å². The Balaban J connectivity index is 1.19. The van der Waals surface area contributed by atoms with Gasteiger partial charge in [0.15, 0.2) is 5.78 Å². The summed E-state index contributed by atoms with van der Waals surface area (Å²) in [6.07, 6.45) is 3.15. The molecule has 2 amide bonds. The van der Waals surface area contributed by atoms with E-state index in [-0.39, 0.29) is 18.4 Å². The van der Waals surface area contributed by atoms with Crippen molar-refractivity contribution < 1.29 is 14.3 Å². The number of urea groups is 1. The van der Waals surface area contributed by atoms with Crippen molar-refractivity contribution in [3.05, 3.63) is 60.6 Å². The second-order valence-electron chi connectivity index (χ2n) is 7.94. The van der Waals surface area contributed by atoms with Crippen LogP contribution < -0.4 is 10.1 Å². The van der Waals surface area contributed by atoms with E-state index in [1.54, 1.807) is 36.4 Å². The number of Topliss-reactive ketones (excluding diaryl/α,β-unsaturated/α-hetero) is 1. The number of aromatic nitrogens is 4. The van der Waals surface area contributed by atoms with Crippen molar-refractivity contribution in [3.63, 3.8) is 0 Å². The second kappa shape index (κ2) is 9.36. The number of nitrogens with one attached hydrogen (secondary N) is 1. The molecule has 1 N–H and O–H groups in total. The summed E-state index contributed by atoms with van der Waals surface area (Å²) in [5.41, 5.74) is 3.61. The molecule has 4 heterocycles. The summed E-state index contributed by atoms with van der Waals surface area (Å²) < 4.78 is 5.19. The lowest BCUT2D eigenvalue weighted by atomic mass is 10.2. The SMILES string of the molecule is COc1ccc2nccc(NC(=O)N3CCN(CC(=O)c4cnc5ccccc5n4)CC3)c2n1. The van der Waals surface area contributed by atoms with E-state index >= 15 is 0 Å². The summed E-state index contributed by atoms with van der Waals surface area (Å²) in [4.78, 5) is 46.8. The molecular formula is C24H23N7O3. The molecule has 0 bridgehead atoms. The smallest absolute Gasteiger partial charge is 0.321 e. The number of pyridine rings is 2. The summed E-state index contributed by atoms with van der Waals surface area (Å²) in [5.74, 6) is 0.366. The van der Waals surface area contributed by atoms with Crippen molar-refractivity contribution in [2.45, 2.75) is 0 Å². The van der Waals surface area contributed by atoms with Crippen LogP contribution in [0.1, 0.15) is 10.5 Å². The standard InChI is InChI=1S/C24H23N7O3/c1-34-22-7-6-18-23(29-22)19(8-9-25-18)28-24(33)31-12-10-30(11-13-31)15-21(32)20-14-26-16-4-2-3-5-17(16)27-20/h2-9,14H,10-13,15H2,1H3,(H,25,28,33). The van der Waals surface area contributed by atoms with Gasteiger partial charge in [-0.05, 0) is 24.3 Å². The molecule has 1 aromatic carbocycles. The molecular weight excluding hydrogens is 434 g/mol. The number of anilines is 1. The number of rotatable bonds is 5. The van der Waals surface area contributed by atoms with Gasteiger partial charge in [-0.1, -0.05) is 12.1 Å². The first-order valence-corrected chi connectivity index (χ1v) is 10.9. The molecule has 4 aromatic rings. The Kier molecular flexibility index (Phi) is 5.96. The van der Waals surface area contributed by atoms with Gasteiger partial charge < -0.3 is 15.0 Å². The molecule has 0 unspecified atom stereocenters. The number of ketones is 1. The molecule has 0 radical (unpaired) electrons. The van der Waals surface area contributed by atoms with Crippen LogP contribution in [0, 0.1) is 0 Å². The highest BCUT2D eigenvalue weighted by atomic mass is 16.5. The van der Waals surface area contributed by atoms with E-state index < -0.39 is 0 Å². The zero-order valence-electron chi connectivity index (χ0n) is 18.6. The van der Waals surface area contributed by atoms with Crippen LogP contribution in [-0.4, -0.2) is 81.4 Å². The van der Waals surface area contributed by atoms with Gasteiger partial charge in [-0.25, -0.2) is 14.8 Å². The molecule has 1 aliphatic rings. The number of nitrogens with zero attached hydrogens (tertiary/aromatic N) is 6. The fraction of sp³-hybridized carbons (Fsp3) is 0.250. The van der Waals surface area contributed by atoms with Gasteiger partial charge in [0.05, 0.1) is 42.1 Å². The molecule has 1 fully saturated rings. The molecule has 0 saturated carbocycles. The first kappa shape index (κ1) is 21.7. The van der Waals surface area contributed by atoms with Crippen LogP contribution in [0.3, 0.4) is 0 Å². The van der Waals surface area contributed by atoms with Gasteiger partial charge in [0.25, 0.3) is 0 Å². The second-order valence-corrected chi connectivity index (χ2v) is 7.94. The third-order valence-corrected chi connectivity index (χ3v) is 5.77. The summed E-state index contributed by atoms with van der Waals surface area (Å²) in [6.45, 7) is 2.42. The predicted molar refractivity (Wildman–Crippen MR) is 127 cm³/mol. The Labute approximate surface area is 195 Å². The van der Waals surface area contributed by atoms with Crippen molar-refractivity contribution in [3.8, 4) is 5.88 Å². The van der Waals surface area contributed by atoms with Gasteiger partial charge in [-0.2, -0.15) is 0 Å². The zero-order valence-corrected chi connectivity index (χ0v) is 18.6. The minimum atomic E-state index is -0.219. The highest BCUT2D eigenvalue weighted by Crippen LogP contribution is 2.22. The lowest BCUT2D eigenvalue weighted by Crippen LogP contribution is -2.51. The van der Waals surface area contributed by atoms with Crippen LogP contribution in [0.4, 0.5) is 10.5 Å². The molecule has 34 heavy (non-hydrogen) atoms. The van der Waals surface area contributed by atoms with Crippen LogP contribution >= 0.6 is 0 Å². The number of amides is 2. The molecule has 172 valence electrons. The minimum Gasteiger partial charge on any atom is -0.481 e. The highest BCUT2D eigenvalue weighted by Gasteiger charge is 2.24. The first-order valence-electron chi connectivity index (χ1n) is 10.9. The third-order valence-electron chi connectivity index (χ3n) is 5.77. The molecule has 0 spiro atoms. The Hall–Kier alpha value is -4.18. The Morgan fingerprint density at radius 3 is 2.53 bits per heavy atom. The van der Waals surface area contributed by atoms with E-state index in [9.17, 15) is 9.59 Å². The number of ether oxygens (including phenoxy) is 1. The summed E-state index contributed by atoms with van der Waals surface area (Å²) in [6, 6.07) is 12.5. The Morgan fingerprint density at radius 1 is 0.941 bits per heavy atom. The average Bonchev–Trinajstić information content (AvgIpc) is 2.88. The Bertz CT molecular complexity index is 1370. The third kappa shape index (κ3) is 4.48. The van der Waals surface area contributed by atoms with Crippen molar-refractivity contribution in [1.82, 2.24) is 29.7 Å². The van der Waals surface area contributed by atoms with Crippen LogP contribution in [0.25, 0.3) is 22.1 Å². The van der Waals surface area contributed by atoms with E-state index in [1.165, 1.54) is 6.20 Å². The molecule has 10 heteroatoms. The van der Waals surface area contributed by atoms with Crippen LogP contribution in [0.2, 0.25) is 0 Å². The van der Waals surface area contributed by atoms with Crippen molar-refractivity contribution >= 4 is 39.6 Å². The van der Waals surface area contributed by atoms with Crippen molar-refractivity contribution in [2.24, 2.45) is 0 Å². The number of hydrogen-bond donors (Lipinski definition) is 1. The lowest BCUT2D eigenvalue weighted by Gasteiger charge is -2.34. The number of benzene rings is 1. The average molecular weight is 457 g/mol. The van der Waals surface area contributed by atoms with Crippen LogP contribution in [0.15, 0.2) is 54.9 Å². The van der Waals surface area contributed by atoms with Gasteiger partial charge in [-0.15, -0.1) is 0 Å². The van der Waals surface area contributed by atoms with Gasteiger partial charge in [0, 0.05) is 38.4 Å². The number of para-hydroxylation sites is 2. The normalized spacial score (nSPS) is 14.3. The van der Waals surface area contributed by atoms with E-state index in [0.717, 1.165) is 5.52 Å². The molecule has 1 saturated heterocycles. The van der Waals surface area contributed by atoms with Crippen molar-refractivity contribution in [1.29, 1.82) is 0 Å². The number of fused-ring (bicyclic) bond motifs is 2. The topological polar surface area (TPSA) is 113 Å². The van der Waals surface area contributed by atoms with Crippen LogP contribution in [-0.2, 0) is 0 Å². The first-order chi connectivity index (χ1) is 16.6. The Morgan fingerprint density at radius 2 is 1.74 bits per heavy atom. The molecule has 10 nitrogen and oxygen atoms in total. The van der Waals surface area contributed by atoms with E-state index in [4.69, 9.17) is 4.74 Å². The van der Waals surface area contributed by atoms with E-state index in [0.29, 0.717) is 60.0 Å². The fourth-order valence-corrected chi connectivity index (χ4v) is 3.90. The van der Waals surface area contributed by atoms with Crippen LogP contribution in [0.5, 0.6) is 5.88 Å². The highest BCUT2D eigenvalue weighted by molar-refractivity contribution is 5.99. The van der Waals surface area contributed by atoms with Gasteiger partial charge >= 0.3 is 6.03 Å². The number of methoxy groups -OCH3 is 1. The maximum Gasteiger partial charge on any atom is 0.321 e. The number of carbonyl (C=O) groups is 2. The number of hydrogen-bond acceptors (Lipinski definition) is 8. The maximum atomic E-state index is 12.9. The summed E-state index contributed by atoms with van der Waals surface area (Å²) >= 11 is 0. The monoisotopic (exact) mass is 457 g/mol. The quantitative estimate of drug-likeness (QED) is 0.455. The molecule has 0 atom stereocenters. The molecule has 1 aliphatic heterocycles. The zero-order chi connectivity index (χ0) is 23.5. The van der Waals surface area contributed by atoms with E-state index in [2.05, 4.69) is 25.3 Å². The summed E-state index contributed by atoms with van der Waals surface area (Å²) in [7, 11) is 1.54. The van der Waals surface area contributed by atoms with Gasteiger partial charge in [-0.3, -0.25) is 19.7 Å². The maximum absolute atomic E-state index is 12.9. The minimum absolute atomic E-state index is 0.0839. The number of carbonyl (C=O) groups excluding carboxylic acids is 2. The fourth-order valence-electron chi connectivity index (χ4n) is 3.90. The lowest BCUT2D eigenvalue weighted by molar-refractivity contribution is 0.0879. The molecule has 0 aliphatic carbocycles.